The Bertz CT molecular complexity index is 1330. The van der Waals surface area contributed by atoms with Gasteiger partial charge in [-0.15, -0.1) is 13.2 Å². The second kappa shape index (κ2) is 9.28. The van der Waals surface area contributed by atoms with E-state index in [1.165, 1.54) is 11.3 Å². The first-order valence-corrected chi connectivity index (χ1v) is 11.2. The number of sulfonamides is 1. The smallest absolute Gasteiger partial charge is 0.468 e. The molecule has 0 aliphatic rings. The number of rotatable bonds is 7. The highest BCUT2D eigenvalue weighted by Gasteiger charge is 2.34. The molecule has 0 radical (unpaired) electrons. The van der Waals surface area contributed by atoms with Crippen LogP contribution in [0.3, 0.4) is 0 Å². The largest absolute Gasteiger partial charge is 0.573 e. The van der Waals surface area contributed by atoms with E-state index < -0.39 is 52.1 Å². The van der Waals surface area contributed by atoms with E-state index in [9.17, 15) is 39.6 Å². The average Bonchev–Trinajstić information content (AvgIpc) is 3.06. The molecule has 0 fully saturated rings. The van der Waals surface area contributed by atoms with Crippen molar-refractivity contribution < 1.29 is 49.0 Å². The zero-order valence-electron chi connectivity index (χ0n) is 18.0. The number of benzene rings is 1. The molecule has 1 aromatic carbocycles. The normalized spacial score (nSPS) is 12.6. The molecule has 2 aromatic heterocycles. The minimum atomic E-state index is -4.93. The lowest BCUT2D eigenvalue weighted by molar-refractivity contribution is -0.274. The number of imidazole rings is 1. The molecule has 0 aliphatic carbocycles. The van der Waals surface area contributed by atoms with Crippen molar-refractivity contribution in [3.63, 3.8) is 0 Å². The summed E-state index contributed by atoms with van der Waals surface area (Å²) < 4.78 is 113. The number of methoxy groups -OCH3 is 1. The number of alkyl halides is 6. The minimum absolute atomic E-state index is 0.138. The van der Waals surface area contributed by atoms with Crippen molar-refractivity contribution in [2.45, 2.75) is 26.0 Å². The number of ether oxygens (including phenoxy) is 2. The lowest BCUT2D eigenvalue weighted by Crippen LogP contribution is -2.36. The summed E-state index contributed by atoms with van der Waals surface area (Å²) in [7, 11) is -3.51. The molecule has 35 heavy (non-hydrogen) atoms. The molecule has 0 amide bonds. The van der Waals surface area contributed by atoms with Crippen molar-refractivity contribution in [1.82, 2.24) is 9.38 Å². The molecule has 0 atom stereocenters. The van der Waals surface area contributed by atoms with Crippen LogP contribution in [-0.2, 0) is 32.3 Å². The first kappa shape index (κ1) is 26.1. The Labute approximate surface area is 194 Å². The number of esters is 1. The predicted octanol–water partition coefficient (Wildman–Crippen LogP) is 4.07. The van der Waals surface area contributed by atoms with Gasteiger partial charge in [0.05, 0.1) is 24.9 Å². The SMILES string of the molecule is COC(=O)CS(=O)(=O)N(Cc1ccc(OC(F)(F)F)cc1)c1nc2cc(C(F)(F)F)ccn2c1C. The molecule has 8 nitrogen and oxygen atoms in total. The highest BCUT2D eigenvalue weighted by Crippen LogP contribution is 2.32. The molecule has 0 spiro atoms. The maximum absolute atomic E-state index is 13.1. The average molecular weight is 525 g/mol. The van der Waals surface area contributed by atoms with E-state index in [0.717, 1.165) is 49.7 Å². The standard InChI is InChI=1S/C20H17F6N3O5S/c1-12-18(27-16-9-14(19(21,22)23)7-8-28(12)16)29(35(31,32)11-17(30)33-2)10-13-3-5-15(6-4-13)34-20(24,25)26/h3-9H,10-11H2,1-2H3. The van der Waals surface area contributed by atoms with Crippen LogP contribution in [0.25, 0.3) is 5.65 Å². The summed E-state index contributed by atoms with van der Waals surface area (Å²) in [5.41, 5.74) is -0.898. The molecular formula is C20H17F6N3O5S. The van der Waals surface area contributed by atoms with Crippen LogP contribution in [0.15, 0.2) is 42.6 Å². The Hall–Kier alpha value is -3.49. The van der Waals surface area contributed by atoms with Crippen LogP contribution >= 0.6 is 0 Å². The van der Waals surface area contributed by atoms with Gasteiger partial charge in [0.2, 0.25) is 10.0 Å². The summed E-state index contributed by atoms with van der Waals surface area (Å²) in [5, 5.41) is 0. The van der Waals surface area contributed by atoms with Crippen molar-refractivity contribution in [2.75, 3.05) is 17.2 Å². The number of fused-ring (bicyclic) bond motifs is 1. The second-order valence-corrected chi connectivity index (χ2v) is 9.09. The summed E-state index contributed by atoms with van der Waals surface area (Å²) in [6.07, 6.45) is -8.53. The fourth-order valence-corrected chi connectivity index (χ4v) is 4.47. The van der Waals surface area contributed by atoms with Gasteiger partial charge in [0.1, 0.15) is 11.4 Å². The van der Waals surface area contributed by atoms with E-state index >= 15 is 0 Å². The Morgan fingerprint density at radius 1 is 1.09 bits per heavy atom. The maximum atomic E-state index is 13.1. The fourth-order valence-electron chi connectivity index (χ4n) is 3.12. The van der Waals surface area contributed by atoms with Crippen molar-refractivity contribution >= 4 is 27.5 Å². The molecule has 3 aromatic rings. The molecule has 2 heterocycles. The Morgan fingerprint density at radius 2 is 1.71 bits per heavy atom. The summed E-state index contributed by atoms with van der Waals surface area (Å²) in [6, 6.07) is 5.76. The van der Waals surface area contributed by atoms with Crippen LogP contribution < -0.4 is 9.04 Å². The number of hydrogen-bond donors (Lipinski definition) is 0. The van der Waals surface area contributed by atoms with Gasteiger partial charge in [0.25, 0.3) is 0 Å². The van der Waals surface area contributed by atoms with E-state index in [1.54, 1.807) is 0 Å². The summed E-state index contributed by atoms with van der Waals surface area (Å²) in [5.74, 6) is -3.04. The molecule has 190 valence electrons. The number of aromatic nitrogens is 2. The molecular weight excluding hydrogens is 508 g/mol. The van der Waals surface area contributed by atoms with Crippen LogP contribution in [0.4, 0.5) is 32.2 Å². The number of carbonyl (C=O) groups is 1. The fraction of sp³-hybridized carbons (Fsp3) is 0.300. The first-order valence-electron chi connectivity index (χ1n) is 9.58. The Kier molecular flexibility index (Phi) is 6.93. The van der Waals surface area contributed by atoms with E-state index in [2.05, 4.69) is 14.5 Å². The third kappa shape index (κ3) is 6.15. The minimum Gasteiger partial charge on any atom is -0.468 e. The molecule has 15 heteroatoms. The third-order valence-electron chi connectivity index (χ3n) is 4.75. The number of carbonyl (C=O) groups excluding carboxylic acids is 1. The number of halogens is 6. The molecule has 0 aliphatic heterocycles. The zero-order chi connectivity index (χ0) is 26.2. The van der Waals surface area contributed by atoms with Gasteiger partial charge in [-0.2, -0.15) is 13.2 Å². The monoisotopic (exact) mass is 525 g/mol. The van der Waals surface area contributed by atoms with Gasteiger partial charge in [-0.05, 0) is 36.8 Å². The zero-order valence-corrected chi connectivity index (χ0v) is 18.8. The van der Waals surface area contributed by atoms with Gasteiger partial charge >= 0.3 is 18.5 Å². The van der Waals surface area contributed by atoms with Crippen molar-refractivity contribution in [1.29, 1.82) is 0 Å². The molecule has 0 saturated heterocycles. The number of aryl methyl sites for hydroxylation is 1. The number of hydrogen-bond acceptors (Lipinski definition) is 6. The van der Waals surface area contributed by atoms with Gasteiger partial charge < -0.3 is 13.9 Å². The highest BCUT2D eigenvalue weighted by atomic mass is 32.2. The quantitative estimate of drug-likeness (QED) is 0.341. The highest BCUT2D eigenvalue weighted by molar-refractivity contribution is 7.93. The molecule has 0 saturated carbocycles. The van der Waals surface area contributed by atoms with E-state index in [1.807, 2.05) is 0 Å². The van der Waals surface area contributed by atoms with Crippen molar-refractivity contribution in [2.24, 2.45) is 0 Å². The van der Waals surface area contributed by atoms with Crippen LogP contribution in [-0.4, -0.2) is 43.0 Å². The van der Waals surface area contributed by atoms with Gasteiger partial charge in [0, 0.05) is 6.20 Å². The topological polar surface area (TPSA) is 90.2 Å². The van der Waals surface area contributed by atoms with Gasteiger partial charge in [-0.1, -0.05) is 12.1 Å². The maximum Gasteiger partial charge on any atom is 0.573 e. The van der Waals surface area contributed by atoms with Crippen LogP contribution in [0.2, 0.25) is 0 Å². The van der Waals surface area contributed by atoms with Gasteiger partial charge in [0.15, 0.2) is 11.6 Å². The Morgan fingerprint density at radius 3 is 2.26 bits per heavy atom. The van der Waals surface area contributed by atoms with Crippen LogP contribution in [0.5, 0.6) is 5.75 Å². The lowest BCUT2D eigenvalue weighted by atomic mass is 10.2. The third-order valence-corrected chi connectivity index (χ3v) is 6.32. The second-order valence-electron chi connectivity index (χ2n) is 7.19. The predicted molar refractivity (Wildman–Crippen MR) is 110 cm³/mol. The number of nitrogens with zero attached hydrogens (tertiary/aromatic N) is 3. The summed E-state index contributed by atoms with van der Waals surface area (Å²) in [4.78, 5) is 15.7. The van der Waals surface area contributed by atoms with Crippen LogP contribution in [0.1, 0.15) is 16.8 Å². The lowest BCUT2D eigenvalue weighted by Gasteiger charge is -2.23. The van der Waals surface area contributed by atoms with E-state index in [4.69, 9.17) is 0 Å². The summed E-state index contributed by atoms with van der Waals surface area (Å²) in [6.45, 7) is 0.909. The van der Waals surface area contributed by atoms with Crippen molar-refractivity contribution in [3.8, 4) is 5.75 Å². The van der Waals surface area contributed by atoms with E-state index in [-0.39, 0.29) is 22.7 Å². The molecule has 0 unspecified atom stereocenters. The van der Waals surface area contributed by atoms with E-state index in [0.29, 0.717) is 4.31 Å². The van der Waals surface area contributed by atoms with Gasteiger partial charge in [-0.25, -0.2) is 17.7 Å². The molecule has 0 N–H and O–H groups in total. The van der Waals surface area contributed by atoms with Gasteiger partial charge in [-0.3, -0.25) is 4.79 Å². The molecule has 0 bridgehead atoms. The first-order chi connectivity index (χ1) is 16.1. The number of pyridine rings is 1. The Balaban J connectivity index is 2.06. The molecule has 3 rings (SSSR count). The van der Waals surface area contributed by atoms with Crippen molar-refractivity contribution in [3.05, 3.63) is 59.4 Å². The summed E-state index contributed by atoms with van der Waals surface area (Å²) >= 11 is 0. The van der Waals surface area contributed by atoms with Crippen LogP contribution in [0, 0.1) is 6.92 Å². The number of anilines is 1.